The molecule has 0 unspecified atom stereocenters. The fourth-order valence-electron chi connectivity index (χ4n) is 2.05. The summed E-state index contributed by atoms with van der Waals surface area (Å²) in [5, 5.41) is 0. The highest BCUT2D eigenvalue weighted by atomic mass is 79.9. The largest absolute Gasteiger partial charge is 0.465 e. The van der Waals surface area contributed by atoms with Gasteiger partial charge in [-0.25, -0.2) is 8.42 Å². The molecule has 3 rings (SSSR count). The standard InChI is InChI=1S/C13H14BrNO3S2/c1-9-2-5-11(18-9)8-15(10-3-4-10)20(16,17)13-7-6-12(14)19-13/h2,5-7,10H,3-4,8H2,1H3. The Labute approximate surface area is 130 Å². The van der Waals surface area contributed by atoms with Crippen LogP contribution in [-0.2, 0) is 16.6 Å². The van der Waals surface area contributed by atoms with E-state index in [0.29, 0.717) is 16.5 Å². The lowest BCUT2D eigenvalue weighted by atomic mass is 10.4. The van der Waals surface area contributed by atoms with Gasteiger partial charge in [-0.15, -0.1) is 11.3 Å². The maximum absolute atomic E-state index is 12.7. The monoisotopic (exact) mass is 375 g/mol. The Kier molecular flexibility index (Phi) is 3.79. The predicted octanol–water partition coefficient (Wildman–Crippen LogP) is 3.77. The second-order valence-corrected chi connectivity index (χ2v) is 9.43. The van der Waals surface area contributed by atoms with Gasteiger partial charge in [0.15, 0.2) is 0 Å². The van der Waals surface area contributed by atoms with Crippen molar-refractivity contribution in [2.75, 3.05) is 0 Å². The zero-order valence-corrected chi connectivity index (χ0v) is 14.1. The first kappa shape index (κ1) is 14.3. The van der Waals surface area contributed by atoms with Crippen LogP contribution in [0.4, 0.5) is 0 Å². The molecule has 0 amide bonds. The highest BCUT2D eigenvalue weighted by Gasteiger charge is 2.39. The molecule has 2 aromatic rings. The van der Waals surface area contributed by atoms with E-state index in [1.807, 2.05) is 19.1 Å². The number of sulfonamides is 1. The summed E-state index contributed by atoms with van der Waals surface area (Å²) in [7, 11) is -3.44. The third-order valence-electron chi connectivity index (χ3n) is 3.17. The number of furan rings is 1. The molecule has 0 radical (unpaired) electrons. The lowest BCUT2D eigenvalue weighted by Gasteiger charge is -2.19. The Morgan fingerprint density at radius 1 is 1.35 bits per heavy atom. The van der Waals surface area contributed by atoms with Gasteiger partial charge in [0, 0.05) is 6.04 Å². The van der Waals surface area contributed by atoms with Gasteiger partial charge >= 0.3 is 0 Å². The van der Waals surface area contributed by atoms with Crippen molar-refractivity contribution < 1.29 is 12.8 Å². The smallest absolute Gasteiger partial charge is 0.253 e. The minimum atomic E-state index is -3.44. The van der Waals surface area contributed by atoms with Gasteiger partial charge < -0.3 is 4.42 Å². The van der Waals surface area contributed by atoms with Crippen molar-refractivity contribution in [1.29, 1.82) is 0 Å². The molecule has 20 heavy (non-hydrogen) atoms. The molecule has 1 aliphatic carbocycles. The molecule has 4 nitrogen and oxygen atoms in total. The van der Waals surface area contributed by atoms with E-state index in [1.54, 1.807) is 16.4 Å². The van der Waals surface area contributed by atoms with Gasteiger partial charge in [-0.05, 0) is 60.0 Å². The number of halogens is 1. The first-order valence-electron chi connectivity index (χ1n) is 6.29. The summed E-state index contributed by atoms with van der Waals surface area (Å²) in [6, 6.07) is 7.21. The van der Waals surface area contributed by atoms with E-state index >= 15 is 0 Å². The summed E-state index contributed by atoms with van der Waals surface area (Å²) in [4.78, 5) is 0. The van der Waals surface area contributed by atoms with Gasteiger partial charge in [0.1, 0.15) is 15.7 Å². The van der Waals surface area contributed by atoms with E-state index in [4.69, 9.17) is 4.42 Å². The number of rotatable bonds is 5. The molecule has 0 saturated heterocycles. The van der Waals surface area contributed by atoms with Gasteiger partial charge in [-0.3, -0.25) is 0 Å². The van der Waals surface area contributed by atoms with E-state index in [-0.39, 0.29) is 6.04 Å². The third-order valence-corrected chi connectivity index (χ3v) is 7.16. The van der Waals surface area contributed by atoms with Crippen molar-refractivity contribution in [3.05, 3.63) is 39.6 Å². The fraction of sp³-hybridized carbons (Fsp3) is 0.385. The van der Waals surface area contributed by atoms with Gasteiger partial charge in [-0.2, -0.15) is 4.31 Å². The van der Waals surface area contributed by atoms with Gasteiger partial charge in [-0.1, -0.05) is 0 Å². The van der Waals surface area contributed by atoms with Crippen LogP contribution in [0.3, 0.4) is 0 Å². The number of hydrogen-bond acceptors (Lipinski definition) is 4. The first-order chi connectivity index (χ1) is 9.46. The highest BCUT2D eigenvalue weighted by molar-refractivity contribution is 9.11. The van der Waals surface area contributed by atoms with Crippen LogP contribution in [0.25, 0.3) is 0 Å². The van der Waals surface area contributed by atoms with Gasteiger partial charge in [0.05, 0.1) is 10.3 Å². The summed E-state index contributed by atoms with van der Waals surface area (Å²) < 4.78 is 33.7. The Bertz CT molecular complexity index is 716. The maximum Gasteiger partial charge on any atom is 0.253 e. The summed E-state index contributed by atoms with van der Waals surface area (Å²) in [6.45, 7) is 2.16. The molecule has 1 aliphatic rings. The number of hydrogen-bond donors (Lipinski definition) is 0. The number of nitrogens with zero attached hydrogens (tertiary/aromatic N) is 1. The van der Waals surface area contributed by atoms with E-state index in [2.05, 4.69) is 15.9 Å². The van der Waals surface area contributed by atoms with Crippen LogP contribution in [-0.4, -0.2) is 18.8 Å². The van der Waals surface area contributed by atoms with Crippen molar-refractivity contribution >= 4 is 37.3 Å². The van der Waals surface area contributed by atoms with E-state index in [9.17, 15) is 8.42 Å². The van der Waals surface area contributed by atoms with E-state index in [1.165, 1.54) is 11.3 Å². The minimum absolute atomic E-state index is 0.103. The Hall–Kier alpha value is -0.630. The van der Waals surface area contributed by atoms with Crippen LogP contribution in [0, 0.1) is 6.92 Å². The van der Waals surface area contributed by atoms with E-state index < -0.39 is 10.0 Å². The molecular formula is C13H14BrNO3S2. The second-order valence-electron chi connectivity index (χ2n) is 4.85. The Morgan fingerprint density at radius 2 is 2.10 bits per heavy atom. The highest BCUT2D eigenvalue weighted by Crippen LogP contribution is 2.36. The minimum Gasteiger partial charge on any atom is -0.465 e. The van der Waals surface area contributed by atoms with Gasteiger partial charge in [0.25, 0.3) is 10.0 Å². The molecule has 1 fully saturated rings. The lowest BCUT2D eigenvalue weighted by Crippen LogP contribution is -2.32. The molecule has 1 saturated carbocycles. The SMILES string of the molecule is Cc1ccc(CN(C2CC2)S(=O)(=O)c2ccc(Br)s2)o1. The molecule has 2 aromatic heterocycles. The lowest BCUT2D eigenvalue weighted by molar-refractivity contribution is 0.352. The zero-order chi connectivity index (χ0) is 14.3. The van der Waals surface area contributed by atoms with Crippen molar-refractivity contribution in [2.45, 2.75) is 36.6 Å². The Morgan fingerprint density at radius 3 is 2.60 bits per heavy atom. The van der Waals surface area contributed by atoms with Crippen molar-refractivity contribution in [3.8, 4) is 0 Å². The topological polar surface area (TPSA) is 50.5 Å². The summed E-state index contributed by atoms with van der Waals surface area (Å²) in [5.74, 6) is 1.49. The normalized spacial score (nSPS) is 15.9. The second kappa shape index (κ2) is 5.29. The van der Waals surface area contributed by atoms with Crippen molar-refractivity contribution in [1.82, 2.24) is 4.31 Å². The van der Waals surface area contributed by atoms with Crippen molar-refractivity contribution in [2.24, 2.45) is 0 Å². The average molecular weight is 376 g/mol. The van der Waals surface area contributed by atoms with Crippen LogP contribution in [0.15, 0.2) is 36.7 Å². The average Bonchev–Trinajstić information content (AvgIpc) is 2.99. The van der Waals surface area contributed by atoms with Crippen LogP contribution >= 0.6 is 27.3 Å². The predicted molar refractivity (Wildman–Crippen MR) is 81.2 cm³/mol. The fourth-order valence-corrected chi connectivity index (χ4v) is 5.84. The van der Waals surface area contributed by atoms with Crippen LogP contribution in [0.2, 0.25) is 0 Å². The molecule has 0 aromatic carbocycles. The molecular weight excluding hydrogens is 362 g/mol. The van der Waals surface area contributed by atoms with Gasteiger partial charge in [0.2, 0.25) is 0 Å². The Balaban J connectivity index is 1.90. The molecule has 0 atom stereocenters. The molecule has 108 valence electrons. The summed E-state index contributed by atoms with van der Waals surface area (Å²) in [6.07, 6.45) is 1.84. The van der Waals surface area contributed by atoms with Crippen LogP contribution < -0.4 is 0 Å². The van der Waals surface area contributed by atoms with Crippen molar-refractivity contribution in [3.63, 3.8) is 0 Å². The summed E-state index contributed by atoms with van der Waals surface area (Å²) >= 11 is 4.55. The molecule has 0 spiro atoms. The maximum atomic E-state index is 12.7. The van der Waals surface area contributed by atoms with Crippen LogP contribution in [0.1, 0.15) is 24.4 Å². The molecule has 0 N–H and O–H groups in total. The zero-order valence-electron chi connectivity index (χ0n) is 10.9. The quantitative estimate of drug-likeness (QED) is 0.798. The number of aryl methyl sites for hydroxylation is 1. The molecule has 0 bridgehead atoms. The summed E-state index contributed by atoms with van der Waals surface area (Å²) in [5.41, 5.74) is 0. The molecule has 2 heterocycles. The van der Waals surface area contributed by atoms with Crippen LogP contribution in [0.5, 0.6) is 0 Å². The third kappa shape index (κ3) is 2.86. The van der Waals surface area contributed by atoms with E-state index in [0.717, 1.165) is 22.4 Å². The molecule has 0 aliphatic heterocycles. The molecule has 7 heteroatoms. The number of thiophene rings is 1. The first-order valence-corrected chi connectivity index (χ1v) is 9.34.